The van der Waals surface area contributed by atoms with Gasteiger partial charge in [0, 0.05) is 19.5 Å². The molecule has 0 radical (unpaired) electrons. The molecule has 1 saturated heterocycles. The van der Waals surface area contributed by atoms with Crippen LogP contribution in [0.1, 0.15) is 47.5 Å². The Balaban J connectivity index is 2.61. The minimum Gasteiger partial charge on any atom is -0.393 e. The van der Waals surface area contributed by atoms with Crippen molar-refractivity contribution < 1.29 is 14.6 Å². The second-order valence-electron chi connectivity index (χ2n) is 6.26. The molecule has 1 aliphatic heterocycles. The van der Waals surface area contributed by atoms with E-state index in [0.717, 1.165) is 0 Å². The van der Waals surface area contributed by atoms with Gasteiger partial charge in [0.15, 0.2) is 0 Å². The molecule has 17 heavy (non-hydrogen) atoms. The SMILES string of the molecule is CC(O)CCC(=O)N1CC(C)(C)OC(C)(C)C1. The van der Waals surface area contributed by atoms with Crippen LogP contribution in [0.3, 0.4) is 0 Å². The van der Waals surface area contributed by atoms with E-state index in [9.17, 15) is 9.90 Å². The molecule has 0 aliphatic carbocycles. The minimum absolute atomic E-state index is 0.107. The molecule has 1 atom stereocenters. The summed E-state index contributed by atoms with van der Waals surface area (Å²) < 4.78 is 5.92. The van der Waals surface area contributed by atoms with Crippen LogP contribution < -0.4 is 0 Å². The van der Waals surface area contributed by atoms with Crippen molar-refractivity contribution in [2.24, 2.45) is 0 Å². The van der Waals surface area contributed by atoms with Crippen molar-refractivity contribution in [1.29, 1.82) is 0 Å². The molecule has 1 rings (SSSR count). The van der Waals surface area contributed by atoms with Crippen LogP contribution >= 0.6 is 0 Å². The number of carbonyl (C=O) groups excluding carboxylic acids is 1. The molecule has 4 heteroatoms. The Labute approximate surface area is 104 Å². The third-order valence-corrected chi connectivity index (χ3v) is 2.82. The molecule has 0 aromatic carbocycles. The van der Waals surface area contributed by atoms with Crippen LogP contribution in [0.2, 0.25) is 0 Å². The highest BCUT2D eigenvalue weighted by molar-refractivity contribution is 5.76. The Hall–Kier alpha value is -0.610. The van der Waals surface area contributed by atoms with Crippen molar-refractivity contribution in [2.75, 3.05) is 13.1 Å². The van der Waals surface area contributed by atoms with Gasteiger partial charge < -0.3 is 14.7 Å². The zero-order valence-electron chi connectivity index (χ0n) is 11.6. The highest BCUT2D eigenvalue weighted by Crippen LogP contribution is 2.28. The lowest BCUT2D eigenvalue weighted by Crippen LogP contribution is -2.58. The molecule has 0 aromatic rings. The number of amides is 1. The summed E-state index contributed by atoms with van der Waals surface area (Å²) in [5.41, 5.74) is -0.607. The standard InChI is InChI=1S/C13H25NO3/c1-10(15)6-7-11(16)14-8-12(2,3)17-13(4,5)9-14/h10,15H,6-9H2,1-5H3. The quantitative estimate of drug-likeness (QED) is 0.818. The fourth-order valence-electron chi connectivity index (χ4n) is 2.45. The largest absolute Gasteiger partial charge is 0.393 e. The maximum absolute atomic E-state index is 12.0. The predicted octanol–water partition coefficient (Wildman–Crippen LogP) is 1.56. The van der Waals surface area contributed by atoms with E-state index in [1.54, 1.807) is 6.92 Å². The number of aliphatic hydroxyl groups is 1. The van der Waals surface area contributed by atoms with E-state index in [-0.39, 0.29) is 17.1 Å². The summed E-state index contributed by atoms with van der Waals surface area (Å²) in [4.78, 5) is 13.9. The van der Waals surface area contributed by atoms with E-state index in [0.29, 0.717) is 25.9 Å². The van der Waals surface area contributed by atoms with E-state index in [4.69, 9.17) is 4.74 Å². The average Bonchev–Trinajstić information content (AvgIpc) is 2.08. The van der Waals surface area contributed by atoms with Crippen LogP contribution in [-0.2, 0) is 9.53 Å². The number of rotatable bonds is 3. The van der Waals surface area contributed by atoms with E-state index in [2.05, 4.69) is 0 Å². The summed E-state index contributed by atoms with van der Waals surface area (Å²) in [5.74, 6) is 0.107. The van der Waals surface area contributed by atoms with E-state index >= 15 is 0 Å². The lowest BCUT2D eigenvalue weighted by molar-refractivity contribution is -0.188. The normalized spacial score (nSPS) is 24.5. The van der Waals surface area contributed by atoms with Crippen molar-refractivity contribution in [3.05, 3.63) is 0 Å². The first-order valence-electron chi connectivity index (χ1n) is 6.27. The van der Waals surface area contributed by atoms with Gasteiger partial charge in [-0.05, 0) is 41.0 Å². The Morgan fingerprint density at radius 3 is 2.18 bits per heavy atom. The van der Waals surface area contributed by atoms with Gasteiger partial charge in [-0.25, -0.2) is 0 Å². The summed E-state index contributed by atoms with van der Waals surface area (Å²) in [5, 5.41) is 9.21. The first-order valence-corrected chi connectivity index (χ1v) is 6.27. The maximum atomic E-state index is 12.0. The van der Waals surface area contributed by atoms with E-state index in [1.807, 2.05) is 32.6 Å². The van der Waals surface area contributed by atoms with E-state index < -0.39 is 6.10 Å². The first-order chi connectivity index (χ1) is 7.61. The summed E-state index contributed by atoms with van der Waals surface area (Å²) in [6.45, 7) is 11.0. The number of hydrogen-bond donors (Lipinski definition) is 1. The molecule has 0 bridgehead atoms. The molecule has 0 saturated carbocycles. The number of hydrogen-bond acceptors (Lipinski definition) is 3. The second-order valence-corrected chi connectivity index (χ2v) is 6.26. The molecule has 1 unspecified atom stereocenters. The highest BCUT2D eigenvalue weighted by Gasteiger charge is 2.39. The zero-order chi connectivity index (χ0) is 13.3. The van der Waals surface area contributed by atoms with Crippen molar-refractivity contribution in [1.82, 2.24) is 4.90 Å². The molecule has 1 N–H and O–H groups in total. The Kier molecular flexibility index (Phi) is 4.20. The van der Waals surface area contributed by atoms with Crippen LogP contribution in [0.4, 0.5) is 0 Å². The van der Waals surface area contributed by atoms with Gasteiger partial charge in [-0.15, -0.1) is 0 Å². The molecule has 100 valence electrons. The second kappa shape index (κ2) is 4.94. The highest BCUT2D eigenvalue weighted by atomic mass is 16.5. The van der Waals surface area contributed by atoms with Crippen molar-refractivity contribution in [3.8, 4) is 0 Å². The van der Waals surface area contributed by atoms with Gasteiger partial charge in [-0.1, -0.05) is 0 Å². The summed E-state index contributed by atoms with van der Waals surface area (Å²) in [7, 11) is 0. The van der Waals surface area contributed by atoms with E-state index in [1.165, 1.54) is 0 Å². The Morgan fingerprint density at radius 2 is 1.76 bits per heavy atom. The summed E-state index contributed by atoms with van der Waals surface area (Å²) in [6.07, 6.45) is 0.516. The molecule has 1 amide bonds. The van der Waals surface area contributed by atoms with Gasteiger partial charge in [0.2, 0.25) is 5.91 Å². The molecule has 1 fully saturated rings. The topological polar surface area (TPSA) is 49.8 Å². The molecule has 1 aliphatic rings. The first kappa shape index (κ1) is 14.5. The van der Waals surface area contributed by atoms with Gasteiger partial charge in [0.25, 0.3) is 0 Å². The van der Waals surface area contributed by atoms with Crippen molar-refractivity contribution in [2.45, 2.75) is 64.8 Å². The van der Waals surface area contributed by atoms with Crippen molar-refractivity contribution in [3.63, 3.8) is 0 Å². The number of nitrogens with zero attached hydrogens (tertiary/aromatic N) is 1. The number of morpholine rings is 1. The number of aliphatic hydroxyl groups excluding tert-OH is 1. The minimum atomic E-state index is -0.416. The molecule has 0 aromatic heterocycles. The smallest absolute Gasteiger partial charge is 0.222 e. The molecule has 1 heterocycles. The number of carbonyl (C=O) groups is 1. The van der Waals surface area contributed by atoms with Crippen LogP contribution in [0.15, 0.2) is 0 Å². The molecule has 4 nitrogen and oxygen atoms in total. The third kappa shape index (κ3) is 4.64. The molecule has 0 spiro atoms. The molecular formula is C13H25NO3. The number of ether oxygens (including phenoxy) is 1. The summed E-state index contributed by atoms with van der Waals surface area (Å²) >= 11 is 0. The van der Waals surface area contributed by atoms with Crippen LogP contribution in [-0.4, -0.2) is 46.3 Å². The predicted molar refractivity (Wildman–Crippen MR) is 66.7 cm³/mol. The van der Waals surface area contributed by atoms with Gasteiger partial charge in [-0.3, -0.25) is 4.79 Å². The average molecular weight is 243 g/mol. The molecular weight excluding hydrogens is 218 g/mol. The Morgan fingerprint density at radius 1 is 1.29 bits per heavy atom. The maximum Gasteiger partial charge on any atom is 0.222 e. The lowest BCUT2D eigenvalue weighted by atomic mass is 9.98. The van der Waals surface area contributed by atoms with Crippen molar-refractivity contribution >= 4 is 5.91 Å². The van der Waals surface area contributed by atoms with Gasteiger partial charge in [-0.2, -0.15) is 0 Å². The van der Waals surface area contributed by atoms with Crippen LogP contribution in [0.5, 0.6) is 0 Å². The fourth-order valence-corrected chi connectivity index (χ4v) is 2.45. The lowest BCUT2D eigenvalue weighted by Gasteiger charge is -2.47. The van der Waals surface area contributed by atoms with Gasteiger partial charge in [0.05, 0.1) is 17.3 Å². The van der Waals surface area contributed by atoms with Crippen LogP contribution in [0.25, 0.3) is 0 Å². The van der Waals surface area contributed by atoms with Crippen LogP contribution in [0, 0.1) is 0 Å². The Bertz CT molecular complexity index is 268. The zero-order valence-corrected chi connectivity index (χ0v) is 11.6. The van der Waals surface area contributed by atoms with Gasteiger partial charge in [0.1, 0.15) is 0 Å². The fraction of sp³-hybridized carbons (Fsp3) is 0.923. The monoisotopic (exact) mass is 243 g/mol. The summed E-state index contributed by atoms with van der Waals surface area (Å²) in [6, 6.07) is 0. The third-order valence-electron chi connectivity index (χ3n) is 2.82. The van der Waals surface area contributed by atoms with Gasteiger partial charge >= 0.3 is 0 Å².